The summed E-state index contributed by atoms with van der Waals surface area (Å²) >= 11 is 0. The van der Waals surface area contributed by atoms with Crippen molar-refractivity contribution in [2.24, 2.45) is 11.8 Å². The number of nitrogens with one attached hydrogen (secondary N) is 6. The van der Waals surface area contributed by atoms with Crippen molar-refractivity contribution in [3.05, 3.63) is 0 Å². The highest BCUT2D eigenvalue weighted by Gasteiger charge is 2.30. The number of aliphatic carboxylic acids is 2. The first-order valence-electron chi connectivity index (χ1n) is 26.3. The Bertz CT molecular complexity index is 1450. The Morgan fingerprint density at radius 1 is 0.457 bits per heavy atom. The van der Waals surface area contributed by atoms with Crippen LogP contribution in [0.4, 0.5) is 0 Å². The molecule has 0 bridgehead atoms. The minimum Gasteiger partial charge on any atom is -0.481 e. The topological polar surface area (TPSA) is 286 Å². The SMILES string of the molecule is CCC(=O)NCCNC(=O)COCCOCCNC(=O)COCCOCCNC(=O)CC[C@H](NC(=O)[C@H]1CC[C@H](CNC(=O)CCCCCCCCCCCCCCCCCCC(=O)O)CC1)C(=O)O. The maximum absolute atomic E-state index is 13.0. The second kappa shape index (κ2) is 44.5. The van der Waals surface area contributed by atoms with E-state index in [1.54, 1.807) is 6.92 Å². The third-order valence-electron chi connectivity index (χ3n) is 12.1. The number of rotatable bonds is 47. The van der Waals surface area contributed by atoms with E-state index in [1.165, 1.54) is 64.2 Å². The van der Waals surface area contributed by atoms with Crippen LogP contribution in [-0.2, 0) is 57.3 Å². The van der Waals surface area contributed by atoms with Gasteiger partial charge in [0.05, 0.1) is 39.6 Å². The zero-order valence-electron chi connectivity index (χ0n) is 42.4. The molecular formula is C50H90N6O14. The van der Waals surface area contributed by atoms with Crippen molar-refractivity contribution in [3.8, 4) is 0 Å². The van der Waals surface area contributed by atoms with Crippen LogP contribution in [0.2, 0.25) is 0 Å². The van der Waals surface area contributed by atoms with Gasteiger partial charge < -0.3 is 61.1 Å². The Morgan fingerprint density at radius 3 is 1.34 bits per heavy atom. The molecule has 0 aromatic rings. The maximum atomic E-state index is 13.0. The van der Waals surface area contributed by atoms with E-state index in [2.05, 4.69) is 31.9 Å². The molecule has 0 aliphatic heterocycles. The summed E-state index contributed by atoms with van der Waals surface area (Å²) < 4.78 is 21.3. The van der Waals surface area contributed by atoms with E-state index >= 15 is 0 Å². The van der Waals surface area contributed by atoms with Gasteiger partial charge in [-0.05, 0) is 50.9 Å². The lowest BCUT2D eigenvalue weighted by Gasteiger charge is -2.28. The number of ether oxygens (including phenoxy) is 4. The van der Waals surface area contributed by atoms with Gasteiger partial charge in [-0.15, -0.1) is 0 Å². The van der Waals surface area contributed by atoms with E-state index in [9.17, 15) is 43.5 Å². The van der Waals surface area contributed by atoms with Gasteiger partial charge in [0.2, 0.25) is 35.4 Å². The molecule has 20 heteroatoms. The lowest BCUT2D eigenvalue weighted by Crippen LogP contribution is -2.45. The predicted molar refractivity (Wildman–Crippen MR) is 264 cm³/mol. The molecule has 1 fully saturated rings. The zero-order valence-corrected chi connectivity index (χ0v) is 42.4. The van der Waals surface area contributed by atoms with Crippen molar-refractivity contribution < 1.29 is 67.5 Å². The standard InChI is InChI=1S/C50H90N6O14/c1-2-43(57)51-27-28-52-46(60)38-69-35-34-68-32-30-54-47(61)39-70-36-33-67-31-29-53-45(59)26-25-42(50(65)66)56-49(64)41-23-21-40(22-24-41)37-55-44(58)19-17-15-13-11-9-7-5-3-4-6-8-10-12-14-16-18-20-48(62)63/h40-42H,2-39H2,1H3,(H,51,57)(H,52,60)(H,53,59)(H,54,61)(H,55,58)(H,56,64)(H,62,63)(H,65,66)/t40-,41-,42-/m0/s1. The van der Waals surface area contributed by atoms with Crippen LogP contribution in [0.15, 0.2) is 0 Å². The van der Waals surface area contributed by atoms with E-state index in [1.807, 2.05) is 0 Å². The number of carboxylic acids is 2. The monoisotopic (exact) mass is 999 g/mol. The van der Waals surface area contributed by atoms with Gasteiger partial charge in [0.1, 0.15) is 19.3 Å². The molecule has 0 heterocycles. The molecule has 20 nitrogen and oxygen atoms in total. The molecule has 70 heavy (non-hydrogen) atoms. The first kappa shape index (κ1) is 63.6. The van der Waals surface area contributed by atoms with Crippen molar-refractivity contribution in [1.29, 1.82) is 0 Å². The highest BCUT2D eigenvalue weighted by molar-refractivity contribution is 5.86. The summed E-state index contributed by atoms with van der Waals surface area (Å²) in [6.07, 6.45) is 22.5. The smallest absolute Gasteiger partial charge is 0.326 e. The normalized spacial score (nSPS) is 14.8. The number of unbranched alkanes of at least 4 members (excludes halogenated alkanes) is 15. The molecular weight excluding hydrogens is 909 g/mol. The average Bonchev–Trinajstić information content (AvgIpc) is 3.34. The van der Waals surface area contributed by atoms with Gasteiger partial charge in [-0.25, -0.2) is 4.79 Å². The van der Waals surface area contributed by atoms with E-state index in [-0.39, 0.29) is 126 Å². The summed E-state index contributed by atoms with van der Waals surface area (Å²) in [7, 11) is 0. The van der Waals surface area contributed by atoms with E-state index in [0.717, 1.165) is 51.4 Å². The van der Waals surface area contributed by atoms with Crippen molar-refractivity contribution in [1.82, 2.24) is 31.9 Å². The molecule has 6 amide bonds. The van der Waals surface area contributed by atoms with Crippen LogP contribution in [0, 0.1) is 11.8 Å². The highest BCUT2D eigenvalue weighted by atomic mass is 16.5. The number of carbonyl (C=O) groups is 8. The summed E-state index contributed by atoms with van der Waals surface area (Å²) in [5, 5.41) is 34.7. The summed E-state index contributed by atoms with van der Waals surface area (Å²) in [5.74, 6) is -3.27. The van der Waals surface area contributed by atoms with Crippen LogP contribution in [-0.4, -0.2) is 149 Å². The molecule has 1 aliphatic rings. The molecule has 1 aliphatic carbocycles. The van der Waals surface area contributed by atoms with E-state index in [0.29, 0.717) is 51.7 Å². The molecule has 1 atom stereocenters. The molecule has 404 valence electrons. The number of carbonyl (C=O) groups excluding carboxylic acids is 6. The van der Waals surface area contributed by atoms with E-state index in [4.69, 9.17) is 24.1 Å². The molecule has 8 N–H and O–H groups in total. The first-order chi connectivity index (χ1) is 33.9. The predicted octanol–water partition coefficient (Wildman–Crippen LogP) is 4.31. The summed E-state index contributed by atoms with van der Waals surface area (Å²) in [5.41, 5.74) is 0. The minimum atomic E-state index is -1.20. The molecule has 0 radical (unpaired) electrons. The number of hydrogen-bond acceptors (Lipinski definition) is 12. The molecule has 1 rings (SSSR count). The Balaban J connectivity index is 1.98. The average molecular weight is 999 g/mol. The van der Waals surface area contributed by atoms with Crippen LogP contribution in [0.5, 0.6) is 0 Å². The number of amides is 6. The molecule has 0 spiro atoms. The summed E-state index contributed by atoms with van der Waals surface area (Å²) in [6, 6.07) is -1.19. The fourth-order valence-corrected chi connectivity index (χ4v) is 7.85. The van der Waals surface area contributed by atoms with Gasteiger partial charge in [-0.3, -0.25) is 33.6 Å². The Kier molecular flexibility index (Phi) is 40.5. The summed E-state index contributed by atoms with van der Waals surface area (Å²) in [4.78, 5) is 94.9. The van der Waals surface area contributed by atoms with Crippen LogP contribution in [0.3, 0.4) is 0 Å². The van der Waals surface area contributed by atoms with Crippen LogP contribution < -0.4 is 31.9 Å². The van der Waals surface area contributed by atoms with Crippen molar-refractivity contribution in [3.63, 3.8) is 0 Å². The van der Waals surface area contributed by atoms with Crippen LogP contribution in [0.25, 0.3) is 0 Å². The second-order valence-corrected chi connectivity index (χ2v) is 18.1. The van der Waals surface area contributed by atoms with Crippen LogP contribution in [0.1, 0.15) is 167 Å². The zero-order chi connectivity index (χ0) is 51.3. The Morgan fingerprint density at radius 2 is 0.871 bits per heavy atom. The fraction of sp³-hybridized carbons (Fsp3) is 0.840. The Labute approximate surface area is 416 Å². The lowest BCUT2D eigenvalue weighted by molar-refractivity contribution is -0.143. The number of hydrogen-bond donors (Lipinski definition) is 8. The van der Waals surface area contributed by atoms with Gasteiger partial charge in [0.25, 0.3) is 0 Å². The van der Waals surface area contributed by atoms with E-state index < -0.39 is 18.0 Å². The van der Waals surface area contributed by atoms with Crippen molar-refractivity contribution in [2.75, 3.05) is 85.6 Å². The molecule has 0 saturated heterocycles. The number of carboxylic acid groups (broad SMARTS) is 2. The fourth-order valence-electron chi connectivity index (χ4n) is 7.85. The molecule has 1 saturated carbocycles. The largest absolute Gasteiger partial charge is 0.481 e. The van der Waals surface area contributed by atoms with Gasteiger partial charge in [0, 0.05) is 64.3 Å². The van der Waals surface area contributed by atoms with Gasteiger partial charge >= 0.3 is 11.9 Å². The third-order valence-corrected chi connectivity index (χ3v) is 12.1. The maximum Gasteiger partial charge on any atom is 0.326 e. The van der Waals surface area contributed by atoms with Gasteiger partial charge in [0.15, 0.2) is 0 Å². The van der Waals surface area contributed by atoms with Gasteiger partial charge in [-0.1, -0.05) is 96.8 Å². The molecule has 0 aromatic heterocycles. The van der Waals surface area contributed by atoms with Crippen LogP contribution >= 0.6 is 0 Å². The molecule has 0 unspecified atom stereocenters. The van der Waals surface area contributed by atoms with Crippen molar-refractivity contribution >= 4 is 47.4 Å². The molecule has 0 aromatic carbocycles. The minimum absolute atomic E-state index is 0.0567. The quantitative estimate of drug-likeness (QED) is 0.0395. The van der Waals surface area contributed by atoms with Gasteiger partial charge in [-0.2, -0.15) is 0 Å². The summed E-state index contributed by atoms with van der Waals surface area (Å²) in [6.45, 7) is 4.37. The third kappa shape index (κ3) is 39.3. The lowest BCUT2D eigenvalue weighted by atomic mass is 9.81. The Hall–Kier alpha value is -4.40. The second-order valence-electron chi connectivity index (χ2n) is 18.1. The van der Waals surface area contributed by atoms with Crippen molar-refractivity contribution in [2.45, 2.75) is 173 Å². The highest BCUT2D eigenvalue weighted by Crippen LogP contribution is 2.29. The first-order valence-corrected chi connectivity index (χ1v) is 26.3.